The molecule has 0 spiro atoms. The third kappa shape index (κ3) is 4.09. The molecule has 0 aliphatic carbocycles. The van der Waals surface area contributed by atoms with E-state index in [0.717, 1.165) is 58.1 Å². The molecule has 2 saturated heterocycles. The number of carbonyl (C=O) groups is 1. The van der Waals surface area contributed by atoms with Crippen LogP contribution in [0, 0.1) is 6.92 Å². The highest BCUT2D eigenvalue weighted by Crippen LogP contribution is 2.19. The summed E-state index contributed by atoms with van der Waals surface area (Å²) in [6.45, 7) is 8.79. The standard InChI is InChI=1S/C21H28N6O/c1-17-16-19(20(28)26-10-8-24(2)9-11-26)23-21(22-17)27-14-12-25(13-15-27)18-6-4-3-5-7-18/h3-7,16H,8-15H2,1-2H3. The number of hydrogen-bond donors (Lipinski definition) is 0. The highest BCUT2D eigenvalue weighted by Gasteiger charge is 2.24. The molecule has 1 amide bonds. The maximum absolute atomic E-state index is 12.9. The summed E-state index contributed by atoms with van der Waals surface area (Å²) in [4.78, 5) is 30.9. The SMILES string of the molecule is Cc1cc(C(=O)N2CCN(C)CC2)nc(N2CCN(c3ccccc3)CC2)n1. The minimum absolute atomic E-state index is 0.0165. The van der Waals surface area contributed by atoms with Gasteiger partial charge in [-0.25, -0.2) is 9.97 Å². The van der Waals surface area contributed by atoms with Crippen LogP contribution >= 0.6 is 0 Å². The lowest BCUT2D eigenvalue weighted by atomic mass is 10.2. The van der Waals surface area contributed by atoms with Crippen molar-refractivity contribution in [3.05, 3.63) is 47.8 Å². The summed E-state index contributed by atoms with van der Waals surface area (Å²) < 4.78 is 0. The lowest BCUT2D eigenvalue weighted by Crippen LogP contribution is -2.48. The average molecular weight is 380 g/mol. The van der Waals surface area contributed by atoms with Crippen LogP contribution in [0.1, 0.15) is 16.2 Å². The first-order chi connectivity index (χ1) is 13.6. The number of likely N-dealkylation sites (N-methyl/N-ethyl adjacent to an activating group) is 1. The van der Waals surface area contributed by atoms with E-state index in [1.165, 1.54) is 5.69 Å². The Morgan fingerprint density at radius 3 is 2.18 bits per heavy atom. The third-order valence-electron chi connectivity index (χ3n) is 5.54. The van der Waals surface area contributed by atoms with Gasteiger partial charge < -0.3 is 19.6 Å². The number of aryl methyl sites for hydroxylation is 1. The third-order valence-corrected chi connectivity index (χ3v) is 5.54. The quantitative estimate of drug-likeness (QED) is 0.804. The Hall–Kier alpha value is -2.67. The van der Waals surface area contributed by atoms with E-state index in [2.05, 4.69) is 56.0 Å². The summed E-state index contributed by atoms with van der Waals surface area (Å²) >= 11 is 0. The second-order valence-corrected chi connectivity index (χ2v) is 7.60. The zero-order chi connectivity index (χ0) is 19.5. The summed E-state index contributed by atoms with van der Waals surface area (Å²) in [5.41, 5.74) is 2.60. The van der Waals surface area contributed by atoms with Gasteiger partial charge in [0.25, 0.3) is 5.91 Å². The first kappa shape index (κ1) is 18.7. The van der Waals surface area contributed by atoms with Crippen molar-refractivity contribution >= 4 is 17.5 Å². The summed E-state index contributed by atoms with van der Waals surface area (Å²) in [6, 6.07) is 12.3. The van der Waals surface area contributed by atoms with Crippen molar-refractivity contribution in [3.63, 3.8) is 0 Å². The number of benzene rings is 1. The molecule has 2 aliphatic heterocycles. The minimum Gasteiger partial charge on any atom is -0.368 e. The van der Waals surface area contributed by atoms with Crippen molar-refractivity contribution in [1.29, 1.82) is 0 Å². The highest BCUT2D eigenvalue weighted by atomic mass is 16.2. The van der Waals surface area contributed by atoms with E-state index in [0.29, 0.717) is 11.6 Å². The summed E-state index contributed by atoms with van der Waals surface area (Å²) in [6.07, 6.45) is 0. The van der Waals surface area contributed by atoms with Crippen molar-refractivity contribution in [2.75, 3.05) is 69.2 Å². The Morgan fingerprint density at radius 2 is 1.50 bits per heavy atom. The van der Waals surface area contributed by atoms with Crippen LogP contribution in [0.2, 0.25) is 0 Å². The normalized spacial score (nSPS) is 18.4. The molecule has 28 heavy (non-hydrogen) atoms. The number of piperazine rings is 2. The number of rotatable bonds is 3. The van der Waals surface area contributed by atoms with Crippen LogP contribution in [-0.2, 0) is 0 Å². The molecule has 7 nitrogen and oxygen atoms in total. The Labute approximate surface area is 166 Å². The number of aromatic nitrogens is 2. The Kier molecular flexibility index (Phi) is 5.43. The van der Waals surface area contributed by atoms with Crippen molar-refractivity contribution in [1.82, 2.24) is 19.8 Å². The van der Waals surface area contributed by atoms with Crippen molar-refractivity contribution < 1.29 is 4.79 Å². The molecule has 0 atom stereocenters. The van der Waals surface area contributed by atoms with Crippen LogP contribution < -0.4 is 9.80 Å². The molecule has 1 aromatic carbocycles. The highest BCUT2D eigenvalue weighted by molar-refractivity contribution is 5.92. The maximum atomic E-state index is 12.9. The van der Waals surface area contributed by atoms with E-state index >= 15 is 0 Å². The zero-order valence-corrected chi connectivity index (χ0v) is 16.7. The van der Waals surface area contributed by atoms with Crippen LogP contribution in [0.5, 0.6) is 0 Å². The minimum atomic E-state index is 0.0165. The molecule has 2 aliphatic rings. The van der Waals surface area contributed by atoms with Gasteiger partial charge in [-0.15, -0.1) is 0 Å². The predicted octanol–water partition coefficient (Wildman–Crippen LogP) is 1.50. The molecule has 2 aromatic rings. The smallest absolute Gasteiger partial charge is 0.272 e. The van der Waals surface area contributed by atoms with Gasteiger partial charge in [0.05, 0.1) is 0 Å². The molecule has 0 bridgehead atoms. The van der Waals surface area contributed by atoms with Gasteiger partial charge in [-0.3, -0.25) is 4.79 Å². The number of amides is 1. The predicted molar refractivity (Wildman–Crippen MR) is 111 cm³/mol. The summed E-state index contributed by atoms with van der Waals surface area (Å²) in [5, 5.41) is 0. The molecule has 7 heteroatoms. The van der Waals surface area contributed by atoms with E-state index in [4.69, 9.17) is 0 Å². The van der Waals surface area contributed by atoms with Crippen LogP contribution in [0.25, 0.3) is 0 Å². The molecule has 1 aromatic heterocycles. The molecule has 4 rings (SSSR count). The lowest BCUT2D eigenvalue weighted by molar-refractivity contribution is 0.0658. The van der Waals surface area contributed by atoms with Gasteiger partial charge in [0.1, 0.15) is 5.69 Å². The molecular formula is C21H28N6O. The van der Waals surface area contributed by atoms with E-state index in [1.54, 1.807) is 0 Å². The van der Waals surface area contributed by atoms with E-state index < -0.39 is 0 Å². The molecule has 148 valence electrons. The van der Waals surface area contributed by atoms with Crippen LogP contribution in [0.4, 0.5) is 11.6 Å². The molecule has 0 N–H and O–H groups in total. The van der Waals surface area contributed by atoms with Gasteiger partial charge >= 0.3 is 0 Å². The monoisotopic (exact) mass is 380 g/mol. The van der Waals surface area contributed by atoms with Crippen molar-refractivity contribution in [3.8, 4) is 0 Å². The fourth-order valence-electron chi connectivity index (χ4n) is 3.78. The summed E-state index contributed by atoms with van der Waals surface area (Å²) in [7, 11) is 2.09. The number of nitrogens with zero attached hydrogens (tertiary/aromatic N) is 6. The fraction of sp³-hybridized carbons (Fsp3) is 0.476. The van der Waals surface area contributed by atoms with E-state index in [1.807, 2.05) is 24.0 Å². The first-order valence-corrected chi connectivity index (χ1v) is 9.98. The number of para-hydroxylation sites is 1. The van der Waals surface area contributed by atoms with Crippen molar-refractivity contribution in [2.45, 2.75) is 6.92 Å². The zero-order valence-electron chi connectivity index (χ0n) is 16.7. The number of anilines is 2. The van der Waals surface area contributed by atoms with Gasteiger partial charge in [0, 0.05) is 63.7 Å². The van der Waals surface area contributed by atoms with Crippen LogP contribution in [-0.4, -0.2) is 85.1 Å². The van der Waals surface area contributed by atoms with Gasteiger partial charge in [0.15, 0.2) is 0 Å². The molecule has 2 fully saturated rings. The van der Waals surface area contributed by atoms with Crippen LogP contribution in [0.15, 0.2) is 36.4 Å². The largest absolute Gasteiger partial charge is 0.368 e. The van der Waals surface area contributed by atoms with Crippen molar-refractivity contribution in [2.24, 2.45) is 0 Å². The second-order valence-electron chi connectivity index (χ2n) is 7.60. The summed E-state index contributed by atoms with van der Waals surface area (Å²) in [5.74, 6) is 0.688. The van der Waals surface area contributed by atoms with E-state index in [9.17, 15) is 4.79 Å². The topological polar surface area (TPSA) is 55.8 Å². The molecule has 3 heterocycles. The molecule has 0 radical (unpaired) electrons. The van der Waals surface area contributed by atoms with Gasteiger partial charge in [-0.1, -0.05) is 18.2 Å². The maximum Gasteiger partial charge on any atom is 0.272 e. The van der Waals surface area contributed by atoms with Gasteiger partial charge in [-0.05, 0) is 32.2 Å². The molecule has 0 unspecified atom stereocenters. The Bertz CT molecular complexity index is 811. The lowest BCUT2D eigenvalue weighted by Gasteiger charge is -2.36. The Balaban J connectivity index is 1.45. The first-order valence-electron chi connectivity index (χ1n) is 9.98. The fourth-order valence-corrected chi connectivity index (χ4v) is 3.78. The van der Waals surface area contributed by atoms with Crippen LogP contribution in [0.3, 0.4) is 0 Å². The van der Waals surface area contributed by atoms with Gasteiger partial charge in [0.2, 0.25) is 5.95 Å². The van der Waals surface area contributed by atoms with E-state index in [-0.39, 0.29) is 5.91 Å². The number of carbonyl (C=O) groups excluding carboxylic acids is 1. The second kappa shape index (κ2) is 8.14. The van der Waals surface area contributed by atoms with Gasteiger partial charge in [-0.2, -0.15) is 0 Å². The average Bonchev–Trinajstić information content (AvgIpc) is 2.74. The molecular weight excluding hydrogens is 352 g/mol. The Morgan fingerprint density at radius 1 is 0.857 bits per heavy atom. The molecule has 0 saturated carbocycles. The number of hydrogen-bond acceptors (Lipinski definition) is 6.